The molecule has 2 heterocycles. The first-order valence-corrected chi connectivity index (χ1v) is 9.11. The monoisotopic (exact) mass is 407 g/mol. The summed E-state index contributed by atoms with van der Waals surface area (Å²) in [7, 11) is 0. The zero-order valence-electron chi connectivity index (χ0n) is 15.1. The molecule has 1 saturated carbocycles. The van der Waals surface area contributed by atoms with Gasteiger partial charge in [-0.05, 0) is 25.3 Å². The fourth-order valence-electron chi connectivity index (χ4n) is 3.78. The summed E-state index contributed by atoms with van der Waals surface area (Å²) in [5.74, 6) is -0.343. The van der Waals surface area contributed by atoms with Crippen LogP contribution in [0.3, 0.4) is 0 Å². The number of amides is 1. The zero-order chi connectivity index (χ0) is 16.9. The maximum absolute atomic E-state index is 11.7. The number of carbonyl (C=O) groups excluding carboxylic acids is 1. The Balaban J connectivity index is 0.00000169. The Morgan fingerprint density at radius 1 is 1.27 bits per heavy atom. The van der Waals surface area contributed by atoms with Crippen molar-refractivity contribution in [2.24, 2.45) is 5.73 Å². The summed E-state index contributed by atoms with van der Waals surface area (Å²) in [6, 6.07) is 1.93. The normalized spacial score (nSPS) is 19.5. The Labute approximate surface area is 167 Å². The molecule has 1 atom stereocenters. The van der Waals surface area contributed by atoms with Crippen LogP contribution in [-0.2, 0) is 24.4 Å². The summed E-state index contributed by atoms with van der Waals surface area (Å²) < 4.78 is 2.08. The highest BCUT2D eigenvalue weighted by Crippen LogP contribution is 2.25. The number of hydrogen-bond donors (Lipinski definition) is 3. The van der Waals surface area contributed by atoms with Crippen molar-refractivity contribution in [3.63, 3.8) is 0 Å². The molecule has 1 aliphatic carbocycles. The SMILES string of the molecule is Cl.Cl.N[C@@H](CO)C(=O)NCc1cc2n(n1)CCCN(C1CCCCC1)C2. The molecule has 0 bridgehead atoms. The average Bonchev–Trinajstić information content (AvgIpc) is 2.89. The Morgan fingerprint density at radius 3 is 2.69 bits per heavy atom. The Hall–Kier alpha value is -0.860. The molecule has 3 rings (SSSR count). The molecule has 0 saturated heterocycles. The van der Waals surface area contributed by atoms with Gasteiger partial charge in [0.05, 0.1) is 24.5 Å². The topological polar surface area (TPSA) is 96.4 Å². The van der Waals surface area contributed by atoms with Crippen LogP contribution in [0.25, 0.3) is 0 Å². The van der Waals surface area contributed by atoms with Crippen LogP contribution in [0.4, 0.5) is 0 Å². The van der Waals surface area contributed by atoms with Crippen LogP contribution in [0.5, 0.6) is 0 Å². The minimum atomic E-state index is -0.868. The van der Waals surface area contributed by atoms with Crippen molar-refractivity contribution in [2.45, 2.75) is 70.2 Å². The molecule has 0 unspecified atom stereocenters. The number of aliphatic hydroxyl groups is 1. The lowest BCUT2D eigenvalue weighted by atomic mass is 9.94. The maximum Gasteiger partial charge on any atom is 0.239 e. The van der Waals surface area contributed by atoms with Crippen LogP contribution < -0.4 is 11.1 Å². The summed E-state index contributed by atoms with van der Waals surface area (Å²) in [6.07, 6.45) is 7.83. The summed E-state index contributed by atoms with van der Waals surface area (Å²) in [6.45, 7) is 3.04. The van der Waals surface area contributed by atoms with E-state index in [9.17, 15) is 4.79 Å². The quantitative estimate of drug-likeness (QED) is 0.681. The maximum atomic E-state index is 11.7. The Kier molecular flexibility index (Phi) is 9.89. The van der Waals surface area contributed by atoms with Crippen molar-refractivity contribution in [3.05, 3.63) is 17.5 Å². The predicted octanol–water partition coefficient (Wildman–Crippen LogP) is 1.20. The third kappa shape index (κ3) is 5.82. The van der Waals surface area contributed by atoms with Gasteiger partial charge in [0.25, 0.3) is 0 Å². The highest BCUT2D eigenvalue weighted by atomic mass is 35.5. The van der Waals surface area contributed by atoms with E-state index >= 15 is 0 Å². The van der Waals surface area contributed by atoms with Crippen molar-refractivity contribution in [2.75, 3.05) is 13.2 Å². The predicted molar refractivity (Wildman–Crippen MR) is 106 cm³/mol. The van der Waals surface area contributed by atoms with Crippen molar-refractivity contribution in [1.82, 2.24) is 20.0 Å². The van der Waals surface area contributed by atoms with E-state index in [4.69, 9.17) is 10.8 Å². The van der Waals surface area contributed by atoms with Gasteiger partial charge in [0.2, 0.25) is 5.91 Å². The average molecular weight is 408 g/mol. The van der Waals surface area contributed by atoms with Crippen LogP contribution in [-0.4, -0.2) is 50.9 Å². The van der Waals surface area contributed by atoms with E-state index in [1.807, 2.05) is 0 Å². The van der Waals surface area contributed by atoms with Crippen LogP contribution in [0.15, 0.2) is 6.07 Å². The first-order valence-electron chi connectivity index (χ1n) is 9.11. The number of carbonyl (C=O) groups is 1. The van der Waals surface area contributed by atoms with Gasteiger partial charge in [-0.2, -0.15) is 5.10 Å². The van der Waals surface area contributed by atoms with Gasteiger partial charge >= 0.3 is 0 Å². The molecule has 150 valence electrons. The van der Waals surface area contributed by atoms with Gasteiger partial charge in [-0.15, -0.1) is 24.8 Å². The van der Waals surface area contributed by atoms with E-state index in [2.05, 4.69) is 26.1 Å². The van der Waals surface area contributed by atoms with E-state index in [1.54, 1.807) is 0 Å². The van der Waals surface area contributed by atoms with E-state index in [0.717, 1.165) is 31.7 Å². The molecule has 1 fully saturated rings. The van der Waals surface area contributed by atoms with Gasteiger partial charge < -0.3 is 16.2 Å². The molecule has 0 spiro atoms. The molecular weight excluding hydrogens is 377 g/mol. The van der Waals surface area contributed by atoms with E-state index in [-0.39, 0.29) is 37.3 Å². The first-order chi connectivity index (χ1) is 11.7. The number of fused-ring (bicyclic) bond motifs is 1. The molecule has 4 N–H and O–H groups in total. The molecular formula is C17H31Cl2N5O2. The van der Waals surface area contributed by atoms with E-state index in [1.165, 1.54) is 37.8 Å². The number of halogens is 2. The number of rotatable bonds is 5. The second-order valence-corrected chi connectivity index (χ2v) is 6.97. The molecule has 1 amide bonds. The van der Waals surface area contributed by atoms with Gasteiger partial charge in [-0.3, -0.25) is 14.4 Å². The van der Waals surface area contributed by atoms with Crippen LogP contribution in [0.2, 0.25) is 0 Å². The van der Waals surface area contributed by atoms with Gasteiger partial charge in [-0.1, -0.05) is 19.3 Å². The summed E-state index contributed by atoms with van der Waals surface area (Å²) in [4.78, 5) is 14.3. The highest BCUT2D eigenvalue weighted by molar-refractivity contribution is 5.85. The van der Waals surface area contributed by atoms with Crippen molar-refractivity contribution < 1.29 is 9.90 Å². The standard InChI is InChI=1S/C17H29N5O2.2ClH/c18-16(12-23)17(24)19-10-13-9-15-11-21(7-4-8-22(15)20-13)14-5-2-1-3-6-14;;/h9,14,16,23H,1-8,10-12,18H2,(H,19,24);2*1H/t16-;;/m0../s1. The lowest BCUT2D eigenvalue weighted by Crippen LogP contribution is -2.42. The van der Waals surface area contributed by atoms with Gasteiger partial charge in [-0.25, -0.2) is 0 Å². The fourth-order valence-corrected chi connectivity index (χ4v) is 3.78. The number of hydrogen-bond acceptors (Lipinski definition) is 5. The second-order valence-electron chi connectivity index (χ2n) is 6.97. The molecule has 2 aliphatic rings. The molecule has 9 heteroatoms. The summed E-state index contributed by atoms with van der Waals surface area (Å²) in [5, 5.41) is 16.3. The van der Waals surface area contributed by atoms with Crippen molar-refractivity contribution in [3.8, 4) is 0 Å². The number of aromatic nitrogens is 2. The van der Waals surface area contributed by atoms with Crippen molar-refractivity contribution >= 4 is 30.7 Å². The fraction of sp³-hybridized carbons (Fsp3) is 0.765. The molecule has 1 aromatic rings. The number of nitrogens with two attached hydrogens (primary N) is 1. The van der Waals surface area contributed by atoms with E-state index < -0.39 is 6.04 Å². The number of nitrogens with one attached hydrogen (secondary N) is 1. The first kappa shape index (κ1) is 23.2. The highest BCUT2D eigenvalue weighted by Gasteiger charge is 2.24. The molecule has 7 nitrogen and oxygen atoms in total. The molecule has 1 aliphatic heterocycles. The molecule has 1 aromatic heterocycles. The van der Waals surface area contributed by atoms with Crippen LogP contribution >= 0.6 is 24.8 Å². The third-order valence-corrected chi connectivity index (χ3v) is 5.16. The van der Waals surface area contributed by atoms with Gasteiger partial charge in [0.1, 0.15) is 6.04 Å². The Bertz CT molecular complexity index is 563. The summed E-state index contributed by atoms with van der Waals surface area (Å²) >= 11 is 0. The lowest BCUT2D eigenvalue weighted by molar-refractivity contribution is -0.123. The lowest BCUT2D eigenvalue weighted by Gasteiger charge is -2.33. The van der Waals surface area contributed by atoms with E-state index in [0.29, 0.717) is 12.6 Å². The number of aliphatic hydroxyl groups excluding tert-OH is 1. The van der Waals surface area contributed by atoms with Gasteiger partial charge in [0, 0.05) is 25.7 Å². The number of aryl methyl sites for hydroxylation is 1. The van der Waals surface area contributed by atoms with Gasteiger partial charge in [0.15, 0.2) is 0 Å². The minimum absolute atomic E-state index is 0. The number of nitrogens with zero attached hydrogens (tertiary/aromatic N) is 3. The Morgan fingerprint density at radius 2 is 2.00 bits per heavy atom. The molecule has 26 heavy (non-hydrogen) atoms. The van der Waals surface area contributed by atoms with Crippen LogP contribution in [0.1, 0.15) is 49.9 Å². The van der Waals surface area contributed by atoms with Crippen LogP contribution in [0, 0.1) is 0 Å². The second kappa shape index (κ2) is 11.1. The largest absolute Gasteiger partial charge is 0.394 e. The minimum Gasteiger partial charge on any atom is -0.394 e. The molecule has 0 radical (unpaired) electrons. The van der Waals surface area contributed by atoms with Crippen molar-refractivity contribution in [1.29, 1.82) is 0 Å². The molecule has 0 aromatic carbocycles. The summed E-state index contributed by atoms with van der Waals surface area (Å²) in [5.41, 5.74) is 7.59. The third-order valence-electron chi connectivity index (χ3n) is 5.16. The zero-order valence-corrected chi connectivity index (χ0v) is 16.7. The smallest absolute Gasteiger partial charge is 0.239 e.